The largest absolute Gasteiger partial charge is 0.496 e. The Kier molecular flexibility index (Phi) is 16.9. The molecule has 0 aliphatic carbocycles. The van der Waals surface area contributed by atoms with Crippen LogP contribution >= 0.6 is 23.5 Å². The van der Waals surface area contributed by atoms with Gasteiger partial charge in [-0.1, -0.05) is 37.1 Å². The second kappa shape index (κ2) is 21.6. The van der Waals surface area contributed by atoms with Crippen LogP contribution in [0.15, 0.2) is 35.6 Å². The van der Waals surface area contributed by atoms with E-state index in [1.807, 2.05) is 12.3 Å². The van der Waals surface area contributed by atoms with Gasteiger partial charge in [0.15, 0.2) is 12.4 Å². The molecule has 54 heavy (non-hydrogen) atoms. The van der Waals surface area contributed by atoms with Crippen LogP contribution in [0.25, 0.3) is 11.0 Å². The van der Waals surface area contributed by atoms with E-state index in [-0.39, 0.29) is 30.0 Å². The number of carbonyl (C=O) groups excluding carboxylic acids is 1. The second-order valence-electron chi connectivity index (χ2n) is 12.9. The number of ether oxygens (including phenoxy) is 1. The quantitative estimate of drug-likeness (QED) is 0.0457. The number of piperazine rings is 1. The third-order valence-electron chi connectivity index (χ3n) is 8.67. The molecule has 1 aliphatic heterocycles. The highest BCUT2D eigenvalue weighted by molar-refractivity contribution is 8.01. The number of anilines is 2. The van der Waals surface area contributed by atoms with Gasteiger partial charge >= 0.3 is 11.9 Å². The molecule has 0 spiro atoms. The molecule has 19 heteroatoms. The third-order valence-corrected chi connectivity index (χ3v) is 10.9. The van der Waals surface area contributed by atoms with Gasteiger partial charge in [0.1, 0.15) is 23.3 Å². The molecule has 1 aromatic carbocycles. The summed E-state index contributed by atoms with van der Waals surface area (Å²) < 4.78 is 7.93. The fraction of sp³-hybridized carbons (Fsp3) is 0.543. The number of rotatable bonds is 23. The molecule has 2 atom stereocenters. The van der Waals surface area contributed by atoms with Crippen LogP contribution in [0.1, 0.15) is 37.3 Å². The number of hydrogen-bond acceptors (Lipinski definition) is 15. The van der Waals surface area contributed by atoms with Crippen molar-refractivity contribution in [1.82, 2.24) is 24.3 Å². The Hall–Kier alpha value is -4.30. The van der Waals surface area contributed by atoms with Gasteiger partial charge in [-0.25, -0.2) is 4.98 Å². The van der Waals surface area contributed by atoms with Crippen molar-refractivity contribution in [2.24, 2.45) is 16.6 Å². The number of nitrogens with one attached hydrogen (secondary N) is 1. The number of methoxy groups -OCH3 is 1. The van der Waals surface area contributed by atoms with E-state index in [0.29, 0.717) is 56.5 Å². The van der Waals surface area contributed by atoms with E-state index in [1.54, 1.807) is 12.0 Å². The van der Waals surface area contributed by atoms with E-state index in [1.165, 1.54) is 23.5 Å². The summed E-state index contributed by atoms with van der Waals surface area (Å²) in [5.41, 5.74) is 21.5. The number of hydrogen-bond donors (Lipinski definition) is 6. The number of carbonyl (C=O) groups is 3. The van der Waals surface area contributed by atoms with Crippen LogP contribution in [0.4, 0.5) is 11.8 Å². The number of nitrogen functional groups attached to an aromatic ring is 1. The van der Waals surface area contributed by atoms with Gasteiger partial charge in [0, 0.05) is 74.0 Å². The van der Waals surface area contributed by atoms with Gasteiger partial charge in [0.2, 0.25) is 5.95 Å². The van der Waals surface area contributed by atoms with Crippen LogP contribution in [0.3, 0.4) is 0 Å². The molecular formula is C35H52N10O7S2. The molecule has 9 N–H and O–H groups in total. The first kappa shape index (κ1) is 42.4. The Morgan fingerprint density at radius 2 is 1.67 bits per heavy atom. The highest BCUT2D eigenvalue weighted by atomic mass is 32.2. The Labute approximate surface area is 323 Å². The maximum atomic E-state index is 13.0. The monoisotopic (exact) mass is 788 g/mol. The van der Waals surface area contributed by atoms with E-state index in [2.05, 4.69) is 55.0 Å². The predicted octanol–water partition coefficient (Wildman–Crippen LogP) is 1.98. The molecular weight excluding hydrogens is 737 g/mol. The van der Waals surface area contributed by atoms with E-state index in [9.17, 15) is 14.4 Å². The smallest absolute Gasteiger partial charge is 0.321 e. The Morgan fingerprint density at radius 3 is 2.30 bits per heavy atom. The summed E-state index contributed by atoms with van der Waals surface area (Å²) >= 11 is 2.52. The number of benzene rings is 1. The summed E-state index contributed by atoms with van der Waals surface area (Å²) in [6, 6.07) is 6.12. The highest BCUT2D eigenvalue weighted by Gasteiger charge is 2.23. The van der Waals surface area contributed by atoms with Crippen molar-refractivity contribution in [3.8, 4) is 5.75 Å². The molecule has 1 aliphatic rings. The van der Waals surface area contributed by atoms with E-state index in [0.717, 1.165) is 59.5 Å². The SMILES string of the molecule is CCCCCNc1nc(N)nc2ccn(Cc3ccc(CN4CCN(C(=O)CON=C(CSC[C@H](N)C(=O)O)CSC[C@H](N)C(=O)O)CC4)cc3OC)c12. The van der Waals surface area contributed by atoms with Crippen LogP contribution in [-0.4, -0.2) is 140 Å². The van der Waals surface area contributed by atoms with Crippen LogP contribution < -0.4 is 27.3 Å². The number of carboxylic acid groups (broad SMARTS) is 2. The van der Waals surface area contributed by atoms with Gasteiger partial charge in [-0.05, 0) is 24.1 Å². The Balaban J connectivity index is 1.29. The van der Waals surface area contributed by atoms with Gasteiger partial charge < -0.3 is 51.8 Å². The lowest BCUT2D eigenvalue weighted by atomic mass is 10.1. The summed E-state index contributed by atoms with van der Waals surface area (Å²) in [4.78, 5) is 53.4. The Morgan fingerprint density at radius 1 is 0.981 bits per heavy atom. The molecule has 1 amide bonds. The summed E-state index contributed by atoms with van der Waals surface area (Å²) in [7, 11) is 1.67. The number of fused-ring (bicyclic) bond motifs is 1. The maximum absolute atomic E-state index is 13.0. The zero-order valence-electron chi connectivity index (χ0n) is 30.8. The molecule has 1 fully saturated rings. The topological polar surface area (TPSA) is 250 Å². The van der Waals surface area contributed by atoms with Crippen molar-refractivity contribution in [2.45, 2.75) is 51.4 Å². The second-order valence-corrected chi connectivity index (χ2v) is 15.0. The number of oxime groups is 1. The third kappa shape index (κ3) is 12.9. The molecule has 4 rings (SSSR count). The molecule has 1 saturated heterocycles. The summed E-state index contributed by atoms with van der Waals surface area (Å²) in [5, 5.41) is 25.6. The standard InChI is InChI=1S/C35H52N10O7S2/c1-3-4-5-9-39-32-31-28(40-35(38)41-32)8-10-45(31)17-24-7-6-23(15-29(24)51-2)16-43-11-13-44(14-12-43)30(46)18-52-42-25(19-53-21-26(36)33(47)48)20-54-22-27(37)34(49)50/h6-8,10,15,26-27H,3-5,9,11-14,16-22,36-37H2,1-2H3,(H,47,48)(H,49,50)(H3,38,39,40,41)/t26-,27-/m0/s1. The minimum atomic E-state index is -1.11. The van der Waals surface area contributed by atoms with Crippen LogP contribution in [-0.2, 0) is 32.3 Å². The van der Waals surface area contributed by atoms with Gasteiger partial charge in [-0.3, -0.25) is 19.3 Å². The number of carboxylic acids is 2. The van der Waals surface area contributed by atoms with Crippen molar-refractivity contribution in [2.75, 3.05) is 80.5 Å². The van der Waals surface area contributed by atoms with Gasteiger partial charge in [0.05, 0.1) is 24.9 Å². The number of aliphatic carboxylic acids is 2. The van der Waals surface area contributed by atoms with Crippen molar-refractivity contribution < 1.29 is 34.2 Å². The first-order chi connectivity index (χ1) is 26.0. The number of aromatic nitrogens is 3. The minimum absolute atomic E-state index is 0.156. The van der Waals surface area contributed by atoms with Crippen molar-refractivity contribution >= 4 is 69.9 Å². The molecule has 3 aromatic rings. The first-order valence-corrected chi connectivity index (χ1v) is 20.1. The van der Waals surface area contributed by atoms with Crippen molar-refractivity contribution in [1.29, 1.82) is 0 Å². The summed E-state index contributed by atoms with van der Waals surface area (Å²) in [6.45, 7) is 6.39. The van der Waals surface area contributed by atoms with Gasteiger partial charge in [-0.2, -0.15) is 28.5 Å². The highest BCUT2D eigenvalue weighted by Crippen LogP contribution is 2.27. The van der Waals surface area contributed by atoms with Gasteiger partial charge in [-0.15, -0.1) is 0 Å². The molecule has 3 heterocycles. The molecule has 296 valence electrons. The maximum Gasteiger partial charge on any atom is 0.321 e. The average Bonchev–Trinajstić information content (AvgIpc) is 3.55. The Bertz CT molecular complexity index is 1710. The summed E-state index contributed by atoms with van der Waals surface area (Å²) in [5.74, 6) is 0.243. The predicted molar refractivity (Wildman–Crippen MR) is 213 cm³/mol. The minimum Gasteiger partial charge on any atom is -0.496 e. The molecule has 0 unspecified atom stereocenters. The van der Waals surface area contributed by atoms with Crippen LogP contribution in [0, 0.1) is 0 Å². The molecule has 0 bridgehead atoms. The normalized spacial score (nSPS) is 14.4. The number of unbranched alkanes of at least 4 members (excludes halogenated alkanes) is 2. The van der Waals surface area contributed by atoms with E-state index < -0.39 is 24.0 Å². The van der Waals surface area contributed by atoms with E-state index >= 15 is 0 Å². The lowest BCUT2D eigenvalue weighted by Crippen LogP contribution is -2.49. The fourth-order valence-electron chi connectivity index (χ4n) is 5.69. The van der Waals surface area contributed by atoms with Crippen LogP contribution in [0.5, 0.6) is 5.75 Å². The lowest BCUT2D eigenvalue weighted by molar-refractivity contribution is -0.138. The number of nitrogens with two attached hydrogens (primary N) is 3. The number of nitrogens with zero attached hydrogens (tertiary/aromatic N) is 6. The fourth-order valence-corrected chi connectivity index (χ4v) is 7.63. The zero-order chi connectivity index (χ0) is 39.0. The van der Waals surface area contributed by atoms with Crippen molar-refractivity contribution in [3.63, 3.8) is 0 Å². The summed E-state index contributed by atoms with van der Waals surface area (Å²) in [6.07, 6.45) is 5.29. The number of amides is 1. The molecule has 2 aromatic heterocycles. The van der Waals surface area contributed by atoms with E-state index in [4.69, 9.17) is 37.0 Å². The molecule has 0 saturated carbocycles. The number of thioether (sulfide) groups is 2. The average molecular weight is 789 g/mol. The lowest BCUT2D eigenvalue weighted by Gasteiger charge is -2.34. The molecule has 0 radical (unpaired) electrons. The molecule has 17 nitrogen and oxygen atoms in total. The first-order valence-electron chi connectivity index (χ1n) is 17.8. The zero-order valence-corrected chi connectivity index (χ0v) is 32.4. The van der Waals surface area contributed by atoms with Gasteiger partial charge in [0.25, 0.3) is 5.91 Å². The van der Waals surface area contributed by atoms with Crippen LogP contribution in [0.2, 0.25) is 0 Å². The van der Waals surface area contributed by atoms with Crippen molar-refractivity contribution in [3.05, 3.63) is 41.6 Å².